The van der Waals surface area contributed by atoms with Crippen molar-refractivity contribution in [3.63, 3.8) is 0 Å². The van der Waals surface area contributed by atoms with E-state index in [2.05, 4.69) is 15.1 Å². The van der Waals surface area contributed by atoms with Gasteiger partial charge < -0.3 is 23.5 Å². The summed E-state index contributed by atoms with van der Waals surface area (Å²) in [7, 11) is 1.60. The largest absolute Gasteiger partial charge is 0.497 e. The van der Waals surface area contributed by atoms with Gasteiger partial charge in [-0.1, -0.05) is 12.1 Å². The standard InChI is InChI=1S/C21H20N4O5/c1-3-10-25-17-9-4-13(11-16(17)22-20(26)21(25)27)19-23-18(30-24-19)12-29-15-7-5-14(28-2)6-8-15/h4-9,11H,3,10,12H2,1-2H3,(H,22,26). The predicted molar refractivity (Wildman–Crippen MR) is 110 cm³/mol. The summed E-state index contributed by atoms with van der Waals surface area (Å²) < 4.78 is 17.5. The van der Waals surface area contributed by atoms with Gasteiger partial charge in [-0.25, -0.2) is 0 Å². The fourth-order valence-corrected chi connectivity index (χ4v) is 3.11. The molecule has 0 aliphatic carbocycles. The molecule has 0 atom stereocenters. The number of nitrogens with zero attached hydrogens (tertiary/aromatic N) is 3. The lowest BCUT2D eigenvalue weighted by Crippen LogP contribution is -2.36. The molecule has 0 spiro atoms. The van der Waals surface area contributed by atoms with E-state index in [-0.39, 0.29) is 6.61 Å². The van der Waals surface area contributed by atoms with Gasteiger partial charge in [0.2, 0.25) is 5.82 Å². The van der Waals surface area contributed by atoms with Crippen molar-refractivity contribution in [3.8, 4) is 22.9 Å². The van der Waals surface area contributed by atoms with Crippen LogP contribution in [0.15, 0.2) is 56.6 Å². The Morgan fingerprint density at radius 1 is 1.10 bits per heavy atom. The molecule has 0 aliphatic heterocycles. The van der Waals surface area contributed by atoms with Crippen LogP contribution >= 0.6 is 0 Å². The van der Waals surface area contributed by atoms with Gasteiger partial charge in [-0.05, 0) is 48.9 Å². The third kappa shape index (κ3) is 3.82. The van der Waals surface area contributed by atoms with E-state index in [1.165, 1.54) is 4.57 Å². The SMILES string of the molecule is CCCn1c(=O)c(=O)[nH]c2cc(-c3noc(COc4ccc(OC)cc4)n3)ccc21. The van der Waals surface area contributed by atoms with Gasteiger partial charge >= 0.3 is 11.1 Å². The van der Waals surface area contributed by atoms with Crippen molar-refractivity contribution in [2.75, 3.05) is 7.11 Å². The summed E-state index contributed by atoms with van der Waals surface area (Å²) in [6.45, 7) is 2.52. The Morgan fingerprint density at radius 3 is 2.60 bits per heavy atom. The van der Waals surface area contributed by atoms with Crippen molar-refractivity contribution in [3.05, 3.63) is 69.1 Å². The molecule has 2 aromatic carbocycles. The first-order valence-electron chi connectivity index (χ1n) is 9.45. The Bertz CT molecular complexity index is 1290. The number of nitrogens with one attached hydrogen (secondary N) is 1. The van der Waals surface area contributed by atoms with Gasteiger partial charge in [-0.2, -0.15) is 4.98 Å². The second-order valence-corrected chi connectivity index (χ2v) is 6.62. The number of methoxy groups -OCH3 is 1. The molecule has 4 rings (SSSR count). The number of ether oxygens (including phenoxy) is 2. The van der Waals surface area contributed by atoms with E-state index < -0.39 is 11.1 Å². The van der Waals surface area contributed by atoms with Crippen molar-refractivity contribution in [1.82, 2.24) is 19.7 Å². The predicted octanol–water partition coefficient (Wildman–Crippen LogP) is 2.74. The lowest BCUT2D eigenvalue weighted by atomic mass is 10.2. The summed E-state index contributed by atoms with van der Waals surface area (Å²) in [5.74, 6) is 2.05. The highest BCUT2D eigenvalue weighted by atomic mass is 16.5. The van der Waals surface area contributed by atoms with Crippen LogP contribution in [-0.2, 0) is 13.2 Å². The Morgan fingerprint density at radius 2 is 1.87 bits per heavy atom. The van der Waals surface area contributed by atoms with Gasteiger partial charge in [0.25, 0.3) is 5.89 Å². The number of aromatic amines is 1. The fourth-order valence-electron chi connectivity index (χ4n) is 3.11. The highest BCUT2D eigenvalue weighted by Crippen LogP contribution is 2.22. The van der Waals surface area contributed by atoms with Crippen LogP contribution in [0.5, 0.6) is 11.5 Å². The van der Waals surface area contributed by atoms with E-state index in [9.17, 15) is 9.59 Å². The minimum Gasteiger partial charge on any atom is -0.497 e. The molecular weight excluding hydrogens is 388 g/mol. The van der Waals surface area contributed by atoms with Gasteiger partial charge in [0.1, 0.15) is 11.5 Å². The zero-order chi connectivity index (χ0) is 21.1. The summed E-state index contributed by atoms with van der Waals surface area (Å²) in [4.78, 5) is 31.1. The minimum atomic E-state index is -0.658. The molecule has 2 heterocycles. The minimum absolute atomic E-state index is 0.111. The van der Waals surface area contributed by atoms with Crippen LogP contribution in [-0.4, -0.2) is 26.8 Å². The van der Waals surface area contributed by atoms with Gasteiger partial charge in [0.15, 0.2) is 6.61 Å². The molecule has 0 saturated heterocycles. The molecule has 0 saturated carbocycles. The molecule has 0 aliphatic rings. The van der Waals surface area contributed by atoms with Crippen LogP contribution in [0.3, 0.4) is 0 Å². The van der Waals surface area contributed by atoms with Crippen LogP contribution < -0.4 is 20.6 Å². The quantitative estimate of drug-likeness (QED) is 0.468. The maximum absolute atomic E-state index is 12.1. The number of aryl methyl sites for hydroxylation is 1. The highest BCUT2D eigenvalue weighted by molar-refractivity contribution is 5.80. The molecular formula is C21H20N4O5. The van der Waals surface area contributed by atoms with Crippen LogP contribution in [0.2, 0.25) is 0 Å². The number of H-pyrrole nitrogens is 1. The smallest absolute Gasteiger partial charge is 0.316 e. The van der Waals surface area contributed by atoms with Crippen molar-refractivity contribution < 1.29 is 14.0 Å². The molecule has 0 radical (unpaired) electrons. The van der Waals surface area contributed by atoms with Crippen LogP contribution in [0.1, 0.15) is 19.2 Å². The second kappa shape index (κ2) is 8.24. The van der Waals surface area contributed by atoms with Crippen molar-refractivity contribution in [1.29, 1.82) is 0 Å². The van der Waals surface area contributed by atoms with Gasteiger partial charge in [-0.15, -0.1) is 0 Å². The molecule has 1 N–H and O–H groups in total. The maximum Gasteiger partial charge on any atom is 0.316 e. The Hall–Kier alpha value is -3.88. The number of hydrogen-bond donors (Lipinski definition) is 1. The topological polar surface area (TPSA) is 112 Å². The molecule has 0 unspecified atom stereocenters. The molecule has 2 aromatic heterocycles. The molecule has 9 nitrogen and oxygen atoms in total. The number of benzene rings is 2. The van der Waals surface area contributed by atoms with E-state index in [1.807, 2.05) is 6.92 Å². The lowest BCUT2D eigenvalue weighted by Gasteiger charge is -2.08. The lowest BCUT2D eigenvalue weighted by molar-refractivity contribution is 0.242. The third-order valence-electron chi connectivity index (χ3n) is 4.57. The average molecular weight is 408 g/mol. The van der Waals surface area contributed by atoms with E-state index in [0.29, 0.717) is 40.6 Å². The van der Waals surface area contributed by atoms with Gasteiger partial charge in [0, 0.05) is 12.1 Å². The summed E-state index contributed by atoms with van der Waals surface area (Å²) in [6.07, 6.45) is 0.739. The number of hydrogen-bond acceptors (Lipinski definition) is 7. The molecule has 0 amide bonds. The second-order valence-electron chi connectivity index (χ2n) is 6.62. The van der Waals surface area contributed by atoms with Crippen LogP contribution in [0.25, 0.3) is 22.4 Å². The monoisotopic (exact) mass is 408 g/mol. The highest BCUT2D eigenvalue weighted by Gasteiger charge is 2.13. The summed E-state index contributed by atoms with van der Waals surface area (Å²) in [6, 6.07) is 12.4. The Balaban J connectivity index is 1.57. The normalized spacial score (nSPS) is 11.0. The molecule has 30 heavy (non-hydrogen) atoms. The van der Waals surface area contributed by atoms with Gasteiger partial charge in [-0.3, -0.25) is 9.59 Å². The molecule has 0 fully saturated rings. The first-order chi connectivity index (χ1) is 14.6. The van der Waals surface area contributed by atoms with E-state index >= 15 is 0 Å². The molecule has 4 aromatic rings. The van der Waals surface area contributed by atoms with Crippen molar-refractivity contribution >= 4 is 11.0 Å². The van der Waals surface area contributed by atoms with E-state index in [1.54, 1.807) is 49.6 Å². The third-order valence-corrected chi connectivity index (χ3v) is 4.57. The van der Waals surface area contributed by atoms with E-state index in [4.69, 9.17) is 14.0 Å². The molecule has 0 bridgehead atoms. The number of rotatable bonds is 7. The maximum atomic E-state index is 12.1. The Kier molecular flexibility index (Phi) is 5.34. The summed E-state index contributed by atoms with van der Waals surface area (Å²) >= 11 is 0. The van der Waals surface area contributed by atoms with Crippen molar-refractivity contribution in [2.45, 2.75) is 26.5 Å². The first-order valence-corrected chi connectivity index (χ1v) is 9.45. The molecule has 9 heteroatoms. The first kappa shape index (κ1) is 19.4. The number of fused-ring (bicyclic) bond motifs is 1. The summed E-state index contributed by atoms with van der Waals surface area (Å²) in [5, 5.41) is 3.98. The van der Waals surface area contributed by atoms with Crippen molar-refractivity contribution in [2.24, 2.45) is 0 Å². The average Bonchev–Trinajstić information content (AvgIpc) is 3.24. The van der Waals surface area contributed by atoms with E-state index in [0.717, 1.165) is 12.2 Å². The summed E-state index contributed by atoms with van der Waals surface area (Å²) in [5.41, 5.74) is 0.617. The molecule has 154 valence electrons. The van der Waals surface area contributed by atoms with Crippen LogP contribution in [0.4, 0.5) is 0 Å². The zero-order valence-electron chi connectivity index (χ0n) is 16.5. The van der Waals surface area contributed by atoms with Gasteiger partial charge in [0.05, 0.1) is 18.1 Å². The fraction of sp³-hybridized carbons (Fsp3) is 0.238. The zero-order valence-corrected chi connectivity index (χ0v) is 16.5. The van der Waals surface area contributed by atoms with Crippen LogP contribution in [0, 0.1) is 0 Å². The number of aromatic nitrogens is 4. The Labute approximate surface area is 170 Å².